The van der Waals surface area contributed by atoms with Crippen LogP contribution >= 0.6 is 0 Å². The van der Waals surface area contributed by atoms with E-state index in [9.17, 15) is 13.2 Å². The molecule has 21 heavy (non-hydrogen) atoms. The van der Waals surface area contributed by atoms with Crippen LogP contribution in [-0.4, -0.2) is 21.4 Å². The van der Waals surface area contributed by atoms with Gasteiger partial charge < -0.3 is 4.90 Å². The van der Waals surface area contributed by atoms with E-state index >= 15 is 0 Å². The van der Waals surface area contributed by atoms with Crippen molar-refractivity contribution < 1.29 is 13.2 Å². The number of hydrogen-bond donors (Lipinski definition) is 1. The van der Waals surface area contributed by atoms with Gasteiger partial charge in [0.25, 0.3) is 0 Å². The highest BCUT2D eigenvalue weighted by Gasteiger charge is 2.21. The van der Waals surface area contributed by atoms with Crippen LogP contribution in [0.25, 0.3) is 0 Å². The SMILES string of the molecule is CCCCC(CC)C(=O)N(C)c1ccc(S(N)(=O)=O)cc1. The zero-order valence-electron chi connectivity index (χ0n) is 12.9. The molecule has 2 N–H and O–H groups in total. The number of carbonyl (C=O) groups is 1. The quantitative estimate of drug-likeness (QED) is 0.840. The minimum Gasteiger partial charge on any atom is -0.315 e. The topological polar surface area (TPSA) is 80.5 Å². The third kappa shape index (κ3) is 4.82. The largest absolute Gasteiger partial charge is 0.315 e. The standard InChI is InChI=1S/C15H24N2O3S/c1-4-6-7-12(5-2)15(18)17(3)13-8-10-14(11-9-13)21(16,19)20/h8-12H,4-7H2,1-3H3,(H2,16,19,20). The highest BCUT2D eigenvalue weighted by molar-refractivity contribution is 7.89. The van der Waals surface area contributed by atoms with Crippen molar-refractivity contribution in [2.75, 3.05) is 11.9 Å². The number of anilines is 1. The molecule has 0 aliphatic carbocycles. The number of nitrogens with two attached hydrogens (primary N) is 1. The molecule has 1 unspecified atom stereocenters. The average molecular weight is 312 g/mol. The Morgan fingerprint density at radius 3 is 2.24 bits per heavy atom. The number of hydrogen-bond acceptors (Lipinski definition) is 3. The van der Waals surface area contributed by atoms with Crippen LogP contribution in [0.4, 0.5) is 5.69 Å². The van der Waals surface area contributed by atoms with Gasteiger partial charge in [-0.15, -0.1) is 0 Å². The molecular formula is C15H24N2O3S. The van der Waals surface area contributed by atoms with Crippen LogP contribution in [-0.2, 0) is 14.8 Å². The Bertz CT molecular complexity index is 567. The molecule has 0 heterocycles. The van der Waals surface area contributed by atoms with Crippen molar-refractivity contribution in [1.82, 2.24) is 0 Å². The first-order valence-corrected chi connectivity index (χ1v) is 8.76. The molecule has 1 aromatic rings. The van der Waals surface area contributed by atoms with Crippen LogP contribution in [0.15, 0.2) is 29.2 Å². The van der Waals surface area contributed by atoms with Crippen molar-refractivity contribution in [1.29, 1.82) is 0 Å². The maximum atomic E-state index is 12.4. The molecule has 0 spiro atoms. The average Bonchev–Trinajstić information content (AvgIpc) is 2.46. The number of carbonyl (C=O) groups excluding carboxylic acids is 1. The normalized spacial score (nSPS) is 13.0. The zero-order chi connectivity index (χ0) is 16.0. The van der Waals surface area contributed by atoms with Crippen LogP contribution < -0.4 is 10.0 Å². The Hall–Kier alpha value is -1.40. The Balaban J connectivity index is 2.87. The van der Waals surface area contributed by atoms with Gasteiger partial charge in [-0.25, -0.2) is 13.6 Å². The van der Waals surface area contributed by atoms with Gasteiger partial charge in [0.2, 0.25) is 15.9 Å². The molecule has 0 saturated carbocycles. The van der Waals surface area contributed by atoms with Crippen molar-refractivity contribution in [3.8, 4) is 0 Å². The zero-order valence-corrected chi connectivity index (χ0v) is 13.7. The molecule has 1 atom stereocenters. The summed E-state index contributed by atoms with van der Waals surface area (Å²) in [5, 5.41) is 5.06. The van der Waals surface area contributed by atoms with Crippen molar-refractivity contribution in [2.45, 2.75) is 44.4 Å². The third-order valence-electron chi connectivity index (χ3n) is 3.63. The van der Waals surface area contributed by atoms with E-state index < -0.39 is 10.0 Å². The molecular weight excluding hydrogens is 288 g/mol. The maximum Gasteiger partial charge on any atom is 0.238 e. The second-order valence-electron chi connectivity index (χ2n) is 5.18. The summed E-state index contributed by atoms with van der Waals surface area (Å²) in [5.74, 6) is 0.0715. The van der Waals surface area contributed by atoms with Crippen LogP contribution in [0.1, 0.15) is 39.5 Å². The fourth-order valence-corrected chi connectivity index (χ4v) is 2.73. The minimum atomic E-state index is -3.70. The predicted octanol–water partition coefficient (Wildman–Crippen LogP) is 2.51. The number of benzene rings is 1. The first-order valence-electron chi connectivity index (χ1n) is 7.21. The number of unbranched alkanes of at least 4 members (excludes halogenated alkanes) is 1. The number of rotatable bonds is 7. The summed E-state index contributed by atoms with van der Waals surface area (Å²) < 4.78 is 22.4. The summed E-state index contributed by atoms with van der Waals surface area (Å²) in [6.45, 7) is 4.11. The monoisotopic (exact) mass is 312 g/mol. The predicted molar refractivity (Wildman–Crippen MR) is 84.5 cm³/mol. The smallest absolute Gasteiger partial charge is 0.238 e. The number of primary sulfonamides is 1. The van der Waals surface area contributed by atoms with Gasteiger partial charge >= 0.3 is 0 Å². The van der Waals surface area contributed by atoms with Gasteiger partial charge in [0.15, 0.2) is 0 Å². The molecule has 0 fully saturated rings. The van der Waals surface area contributed by atoms with Gasteiger partial charge in [-0.05, 0) is 37.1 Å². The first kappa shape index (κ1) is 17.7. The van der Waals surface area contributed by atoms with Crippen molar-refractivity contribution in [2.24, 2.45) is 11.1 Å². The van der Waals surface area contributed by atoms with E-state index in [0.717, 1.165) is 25.7 Å². The molecule has 0 aliphatic heterocycles. The molecule has 1 aromatic carbocycles. The van der Waals surface area contributed by atoms with E-state index in [1.54, 1.807) is 24.1 Å². The van der Waals surface area contributed by atoms with E-state index in [1.165, 1.54) is 12.1 Å². The Morgan fingerprint density at radius 2 is 1.81 bits per heavy atom. The Kier molecular flexibility index (Phi) is 6.36. The molecule has 1 rings (SSSR count). The minimum absolute atomic E-state index is 0.00728. The lowest BCUT2D eigenvalue weighted by molar-refractivity contribution is -0.122. The van der Waals surface area contributed by atoms with E-state index in [4.69, 9.17) is 5.14 Å². The highest BCUT2D eigenvalue weighted by atomic mass is 32.2. The molecule has 118 valence electrons. The van der Waals surface area contributed by atoms with Crippen LogP contribution in [0.3, 0.4) is 0 Å². The van der Waals surface area contributed by atoms with E-state index in [2.05, 4.69) is 6.92 Å². The van der Waals surface area contributed by atoms with Gasteiger partial charge in [-0.2, -0.15) is 0 Å². The Labute approximate surface area is 127 Å². The number of amides is 1. The van der Waals surface area contributed by atoms with E-state index in [1.807, 2.05) is 6.92 Å². The van der Waals surface area contributed by atoms with Crippen LogP contribution in [0.2, 0.25) is 0 Å². The second kappa shape index (κ2) is 7.56. The summed E-state index contributed by atoms with van der Waals surface area (Å²) >= 11 is 0. The van der Waals surface area contributed by atoms with Crippen molar-refractivity contribution >= 4 is 21.6 Å². The van der Waals surface area contributed by atoms with Gasteiger partial charge in [0.05, 0.1) is 4.90 Å². The van der Waals surface area contributed by atoms with Crippen molar-refractivity contribution in [3.63, 3.8) is 0 Å². The molecule has 6 heteroatoms. The molecule has 0 aromatic heterocycles. The summed E-state index contributed by atoms with van der Waals surface area (Å²) in [5.41, 5.74) is 0.669. The van der Waals surface area contributed by atoms with Crippen LogP contribution in [0, 0.1) is 5.92 Å². The third-order valence-corrected chi connectivity index (χ3v) is 4.56. The van der Waals surface area contributed by atoms with Gasteiger partial charge in [-0.3, -0.25) is 4.79 Å². The summed E-state index contributed by atoms with van der Waals surface area (Å²) in [7, 11) is -1.99. The lowest BCUT2D eigenvalue weighted by atomic mass is 9.97. The summed E-state index contributed by atoms with van der Waals surface area (Å²) in [6, 6.07) is 6.04. The van der Waals surface area contributed by atoms with Gasteiger partial charge in [0.1, 0.15) is 0 Å². The van der Waals surface area contributed by atoms with Crippen LogP contribution in [0.5, 0.6) is 0 Å². The highest BCUT2D eigenvalue weighted by Crippen LogP contribution is 2.21. The molecule has 0 bridgehead atoms. The molecule has 0 aliphatic rings. The van der Waals surface area contributed by atoms with Gasteiger partial charge in [0, 0.05) is 18.7 Å². The Morgan fingerprint density at radius 1 is 1.24 bits per heavy atom. The lowest BCUT2D eigenvalue weighted by Crippen LogP contribution is -2.32. The van der Waals surface area contributed by atoms with Crippen molar-refractivity contribution in [3.05, 3.63) is 24.3 Å². The first-order chi connectivity index (χ1) is 9.81. The molecule has 0 radical (unpaired) electrons. The van der Waals surface area contributed by atoms with E-state index in [0.29, 0.717) is 5.69 Å². The molecule has 5 nitrogen and oxygen atoms in total. The fraction of sp³-hybridized carbons (Fsp3) is 0.533. The molecule has 1 amide bonds. The van der Waals surface area contributed by atoms with E-state index in [-0.39, 0.29) is 16.7 Å². The summed E-state index contributed by atoms with van der Waals surface area (Å²) in [6.07, 6.45) is 3.78. The number of sulfonamides is 1. The van der Waals surface area contributed by atoms with Gasteiger partial charge in [-0.1, -0.05) is 26.7 Å². The second-order valence-corrected chi connectivity index (χ2v) is 6.74. The lowest BCUT2D eigenvalue weighted by Gasteiger charge is -2.23. The molecule has 0 saturated heterocycles. The maximum absolute atomic E-state index is 12.4. The number of nitrogens with zero attached hydrogens (tertiary/aromatic N) is 1. The summed E-state index contributed by atoms with van der Waals surface area (Å²) in [4.78, 5) is 14.1. The fourth-order valence-electron chi connectivity index (χ4n) is 2.21.